The molecule has 108 valence electrons. The van der Waals surface area contributed by atoms with Crippen LogP contribution in [0.1, 0.15) is 45.0 Å². The molecule has 0 aliphatic carbocycles. The lowest BCUT2D eigenvalue weighted by atomic mass is 9.99. The molecule has 19 heavy (non-hydrogen) atoms. The van der Waals surface area contributed by atoms with E-state index in [0.29, 0.717) is 12.1 Å². The Morgan fingerprint density at radius 2 is 2.16 bits per heavy atom. The first-order valence-electron chi connectivity index (χ1n) is 7.30. The van der Waals surface area contributed by atoms with E-state index in [9.17, 15) is 0 Å². The number of likely N-dealkylation sites (tertiary alicyclic amines) is 1. The van der Waals surface area contributed by atoms with Gasteiger partial charge in [-0.25, -0.2) is 0 Å². The topological polar surface area (TPSA) is 47.1 Å². The van der Waals surface area contributed by atoms with Crippen molar-refractivity contribution in [3.05, 3.63) is 15.9 Å². The Balaban J connectivity index is 2.16. The lowest BCUT2D eigenvalue weighted by Crippen LogP contribution is -2.45. The van der Waals surface area contributed by atoms with E-state index in [2.05, 4.69) is 51.4 Å². The van der Waals surface area contributed by atoms with Crippen molar-refractivity contribution in [1.29, 1.82) is 0 Å². The summed E-state index contributed by atoms with van der Waals surface area (Å²) in [4.78, 5) is 2.52. The first-order chi connectivity index (χ1) is 9.06. The van der Waals surface area contributed by atoms with Crippen molar-refractivity contribution in [2.24, 2.45) is 5.73 Å². The molecule has 0 radical (unpaired) electrons. The predicted octanol–water partition coefficient (Wildman–Crippen LogP) is 2.54. The Hall–Kier alpha value is -0.390. The number of aryl methyl sites for hydroxylation is 2. The van der Waals surface area contributed by atoms with Crippen molar-refractivity contribution in [3.8, 4) is 0 Å². The Labute approximate surface area is 124 Å². The lowest BCUT2D eigenvalue weighted by Gasteiger charge is -2.36. The number of nitrogens with two attached hydrogens (primary N) is 1. The molecule has 0 bridgehead atoms. The van der Waals surface area contributed by atoms with E-state index in [0.717, 1.165) is 38.9 Å². The minimum absolute atomic E-state index is 0.372. The normalized spacial score (nSPS) is 24.9. The summed E-state index contributed by atoms with van der Waals surface area (Å²) in [6.45, 7) is 9.56. The van der Waals surface area contributed by atoms with Crippen molar-refractivity contribution >= 4 is 15.9 Å². The quantitative estimate of drug-likeness (QED) is 0.923. The molecule has 1 aliphatic rings. The van der Waals surface area contributed by atoms with Gasteiger partial charge in [-0.1, -0.05) is 6.92 Å². The molecule has 0 amide bonds. The number of nitrogens with zero attached hydrogens (tertiary/aromatic N) is 3. The van der Waals surface area contributed by atoms with E-state index in [1.165, 1.54) is 15.9 Å². The number of halogens is 1. The van der Waals surface area contributed by atoms with Crippen LogP contribution in [0.4, 0.5) is 0 Å². The highest BCUT2D eigenvalue weighted by atomic mass is 79.9. The summed E-state index contributed by atoms with van der Waals surface area (Å²) in [5.74, 6) is 0. The lowest BCUT2D eigenvalue weighted by molar-refractivity contribution is 0.136. The molecule has 5 heteroatoms. The number of hydrogen-bond acceptors (Lipinski definition) is 3. The molecule has 1 aromatic rings. The third-order valence-electron chi connectivity index (χ3n) is 4.10. The van der Waals surface area contributed by atoms with Gasteiger partial charge in [0, 0.05) is 31.7 Å². The summed E-state index contributed by atoms with van der Waals surface area (Å²) < 4.78 is 3.32. The molecule has 4 nitrogen and oxygen atoms in total. The van der Waals surface area contributed by atoms with E-state index >= 15 is 0 Å². The van der Waals surface area contributed by atoms with E-state index in [1.54, 1.807) is 0 Å². The van der Waals surface area contributed by atoms with Crippen LogP contribution in [0.25, 0.3) is 0 Å². The Morgan fingerprint density at radius 1 is 1.42 bits per heavy atom. The van der Waals surface area contributed by atoms with Crippen LogP contribution in [0, 0.1) is 0 Å². The highest BCUT2D eigenvalue weighted by molar-refractivity contribution is 9.10. The standard InChI is InChI=1S/C14H25BrN4/c1-4-12-14(15)13(19(5-2)17-12)9-18-7-6-11(16)8-10(18)3/h10-11H,4-9,16H2,1-3H3. The summed E-state index contributed by atoms with van der Waals surface area (Å²) in [5, 5.41) is 4.67. The van der Waals surface area contributed by atoms with Crippen molar-refractivity contribution in [1.82, 2.24) is 14.7 Å². The van der Waals surface area contributed by atoms with Crippen molar-refractivity contribution in [2.45, 2.75) is 65.2 Å². The fraction of sp³-hybridized carbons (Fsp3) is 0.786. The van der Waals surface area contributed by atoms with Gasteiger partial charge in [0.05, 0.1) is 15.9 Å². The third-order valence-corrected chi connectivity index (χ3v) is 5.02. The largest absolute Gasteiger partial charge is 0.328 e. The van der Waals surface area contributed by atoms with E-state index in [1.807, 2.05) is 0 Å². The zero-order chi connectivity index (χ0) is 14.0. The van der Waals surface area contributed by atoms with Gasteiger partial charge in [0.1, 0.15) is 0 Å². The molecule has 1 aliphatic heterocycles. The fourth-order valence-electron chi connectivity index (χ4n) is 2.85. The van der Waals surface area contributed by atoms with Gasteiger partial charge in [-0.2, -0.15) is 5.10 Å². The van der Waals surface area contributed by atoms with Crippen LogP contribution < -0.4 is 5.73 Å². The molecule has 1 aromatic heterocycles. The molecule has 2 atom stereocenters. The van der Waals surface area contributed by atoms with Gasteiger partial charge in [0.2, 0.25) is 0 Å². The van der Waals surface area contributed by atoms with Gasteiger partial charge >= 0.3 is 0 Å². The van der Waals surface area contributed by atoms with Gasteiger partial charge in [-0.05, 0) is 49.0 Å². The highest BCUT2D eigenvalue weighted by Gasteiger charge is 2.25. The second-order valence-electron chi connectivity index (χ2n) is 5.48. The molecule has 0 spiro atoms. The van der Waals surface area contributed by atoms with E-state index in [-0.39, 0.29) is 0 Å². The summed E-state index contributed by atoms with van der Waals surface area (Å²) in [5.41, 5.74) is 8.51. The Morgan fingerprint density at radius 3 is 2.74 bits per heavy atom. The first-order valence-corrected chi connectivity index (χ1v) is 8.09. The first kappa shape index (κ1) is 15.0. The molecule has 2 unspecified atom stereocenters. The van der Waals surface area contributed by atoms with Gasteiger partial charge in [-0.3, -0.25) is 9.58 Å². The zero-order valence-corrected chi connectivity index (χ0v) is 13.8. The molecular formula is C14H25BrN4. The van der Waals surface area contributed by atoms with Crippen LogP contribution in [-0.2, 0) is 19.5 Å². The SMILES string of the molecule is CCc1nn(CC)c(CN2CCC(N)CC2C)c1Br. The second-order valence-corrected chi connectivity index (χ2v) is 6.27. The highest BCUT2D eigenvalue weighted by Crippen LogP contribution is 2.26. The maximum atomic E-state index is 6.04. The summed E-state index contributed by atoms with van der Waals surface area (Å²) in [7, 11) is 0. The Kier molecular flexibility index (Phi) is 5.03. The van der Waals surface area contributed by atoms with E-state index in [4.69, 9.17) is 5.73 Å². The smallest absolute Gasteiger partial charge is 0.0767 e. The summed E-state index contributed by atoms with van der Waals surface area (Å²) in [6.07, 6.45) is 3.17. The van der Waals surface area contributed by atoms with Gasteiger partial charge in [0.25, 0.3) is 0 Å². The van der Waals surface area contributed by atoms with Crippen LogP contribution in [0.2, 0.25) is 0 Å². The number of aromatic nitrogens is 2. The van der Waals surface area contributed by atoms with E-state index < -0.39 is 0 Å². The molecule has 1 fully saturated rings. The van der Waals surface area contributed by atoms with Gasteiger partial charge in [0.15, 0.2) is 0 Å². The average Bonchev–Trinajstić information content (AvgIpc) is 2.69. The second kappa shape index (κ2) is 6.37. The minimum Gasteiger partial charge on any atom is -0.328 e. The van der Waals surface area contributed by atoms with Crippen LogP contribution in [0.3, 0.4) is 0 Å². The van der Waals surface area contributed by atoms with Gasteiger partial charge in [-0.15, -0.1) is 0 Å². The third kappa shape index (κ3) is 3.20. The number of hydrogen-bond donors (Lipinski definition) is 1. The van der Waals surface area contributed by atoms with Crippen molar-refractivity contribution in [3.63, 3.8) is 0 Å². The molecule has 2 N–H and O–H groups in total. The molecule has 2 heterocycles. The van der Waals surface area contributed by atoms with Crippen molar-refractivity contribution < 1.29 is 0 Å². The fourth-order valence-corrected chi connectivity index (χ4v) is 3.54. The van der Waals surface area contributed by atoms with Crippen molar-refractivity contribution in [2.75, 3.05) is 6.54 Å². The zero-order valence-electron chi connectivity index (χ0n) is 12.2. The minimum atomic E-state index is 0.372. The summed E-state index contributed by atoms with van der Waals surface area (Å²) >= 11 is 3.73. The molecule has 0 saturated carbocycles. The molecular weight excluding hydrogens is 304 g/mol. The maximum absolute atomic E-state index is 6.04. The van der Waals surface area contributed by atoms with Crippen LogP contribution in [0.5, 0.6) is 0 Å². The molecule has 0 aromatic carbocycles. The van der Waals surface area contributed by atoms with Crippen LogP contribution in [-0.4, -0.2) is 33.3 Å². The summed E-state index contributed by atoms with van der Waals surface area (Å²) in [6, 6.07) is 0.929. The Bertz CT molecular complexity index is 429. The average molecular weight is 329 g/mol. The number of piperidine rings is 1. The molecule has 1 saturated heterocycles. The van der Waals surface area contributed by atoms with Crippen LogP contribution in [0.15, 0.2) is 4.47 Å². The maximum Gasteiger partial charge on any atom is 0.0767 e. The number of rotatable bonds is 4. The van der Waals surface area contributed by atoms with Gasteiger partial charge < -0.3 is 5.73 Å². The molecule has 2 rings (SSSR count). The predicted molar refractivity (Wildman–Crippen MR) is 82.1 cm³/mol. The monoisotopic (exact) mass is 328 g/mol. The van der Waals surface area contributed by atoms with Crippen LogP contribution >= 0.6 is 15.9 Å².